The number of carbonyl (C=O) groups is 1. The molecule has 0 aromatic heterocycles. The average molecular weight is 286 g/mol. The summed E-state index contributed by atoms with van der Waals surface area (Å²) in [5, 5.41) is 0. The highest BCUT2D eigenvalue weighted by Gasteiger charge is 2.41. The fourth-order valence-electron chi connectivity index (χ4n) is 4.23. The van der Waals surface area contributed by atoms with Crippen molar-refractivity contribution >= 4 is 11.6 Å². The lowest BCUT2D eigenvalue weighted by Crippen LogP contribution is -2.49. The highest BCUT2D eigenvalue weighted by atomic mass is 16.2. The van der Waals surface area contributed by atoms with Gasteiger partial charge in [-0.1, -0.05) is 18.6 Å². The van der Waals surface area contributed by atoms with E-state index in [0.29, 0.717) is 17.9 Å². The molecule has 2 bridgehead atoms. The van der Waals surface area contributed by atoms with Gasteiger partial charge in [-0.2, -0.15) is 0 Å². The Morgan fingerprint density at radius 3 is 2.52 bits per heavy atom. The molecule has 2 saturated carbocycles. The Hall–Kier alpha value is -1.35. The van der Waals surface area contributed by atoms with Crippen LogP contribution >= 0.6 is 0 Å². The number of hydrogen-bond acceptors (Lipinski definition) is 2. The lowest BCUT2D eigenvalue weighted by Gasteiger charge is -2.44. The first kappa shape index (κ1) is 14.6. The Kier molecular flexibility index (Phi) is 4.03. The van der Waals surface area contributed by atoms with Crippen molar-refractivity contribution < 1.29 is 4.79 Å². The molecule has 0 heterocycles. The molecule has 21 heavy (non-hydrogen) atoms. The van der Waals surface area contributed by atoms with Gasteiger partial charge in [-0.25, -0.2) is 0 Å². The van der Waals surface area contributed by atoms with Crippen molar-refractivity contribution in [1.29, 1.82) is 0 Å². The maximum atomic E-state index is 12.8. The van der Waals surface area contributed by atoms with Crippen molar-refractivity contribution in [1.82, 2.24) is 0 Å². The summed E-state index contributed by atoms with van der Waals surface area (Å²) < 4.78 is 0. The molecule has 0 saturated heterocycles. The molecule has 0 aliphatic heterocycles. The Morgan fingerprint density at radius 2 is 1.90 bits per heavy atom. The second-order valence-corrected chi connectivity index (χ2v) is 6.93. The van der Waals surface area contributed by atoms with Crippen LogP contribution in [0.3, 0.4) is 0 Å². The predicted octanol–water partition coefficient (Wildman–Crippen LogP) is 3.11. The van der Waals surface area contributed by atoms with Crippen molar-refractivity contribution in [3.05, 3.63) is 29.8 Å². The van der Waals surface area contributed by atoms with Crippen LogP contribution in [0.15, 0.2) is 24.3 Å². The number of benzene rings is 1. The number of hydrogen-bond donors (Lipinski definition) is 1. The van der Waals surface area contributed by atoms with Gasteiger partial charge in [0.05, 0.1) is 0 Å². The zero-order valence-electron chi connectivity index (χ0n) is 13.1. The van der Waals surface area contributed by atoms with Crippen molar-refractivity contribution in [2.75, 3.05) is 11.9 Å². The van der Waals surface area contributed by atoms with E-state index in [1.54, 1.807) is 0 Å². The van der Waals surface area contributed by atoms with E-state index in [1.807, 2.05) is 24.1 Å². The minimum absolute atomic E-state index is 0.158. The molecule has 2 N–H and O–H groups in total. The summed E-state index contributed by atoms with van der Waals surface area (Å²) in [6.07, 6.45) is 5.65. The third-order valence-electron chi connectivity index (χ3n) is 5.48. The molecular formula is C18H26N2O. The van der Waals surface area contributed by atoms with Gasteiger partial charge in [0.1, 0.15) is 0 Å². The molecule has 1 amide bonds. The van der Waals surface area contributed by atoms with Gasteiger partial charge in [-0.3, -0.25) is 4.79 Å². The van der Waals surface area contributed by atoms with E-state index in [4.69, 9.17) is 5.73 Å². The zero-order chi connectivity index (χ0) is 15.0. The van der Waals surface area contributed by atoms with Crippen molar-refractivity contribution in [2.24, 2.45) is 23.5 Å². The summed E-state index contributed by atoms with van der Waals surface area (Å²) in [6, 6.07) is 8.49. The molecule has 2 aliphatic rings. The molecule has 1 aromatic carbocycles. The second-order valence-electron chi connectivity index (χ2n) is 6.93. The summed E-state index contributed by atoms with van der Waals surface area (Å²) in [5.74, 6) is 1.53. The summed E-state index contributed by atoms with van der Waals surface area (Å²) in [7, 11) is 1.90. The van der Waals surface area contributed by atoms with Gasteiger partial charge >= 0.3 is 0 Å². The number of carbonyl (C=O) groups excluding carboxylic acids is 1. The number of fused-ring (bicyclic) bond motifs is 2. The smallest absolute Gasteiger partial charge is 0.229 e. The first-order chi connectivity index (χ1) is 10.1. The van der Waals surface area contributed by atoms with Crippen molar-refractivity contribution in [2.45, 2.75) is 45.1 Å². The van der Waals surface area contributed by atoms with Crippen LogP contribution in [0.2, 0.25) is 0 Å². The van der Waals surface area contributed by atoms with Gasteiger partial charge in [0.15, 0.2) is 0 Å². The molecule has 0 radical (unpaired) electrons. The Morgan fingerprint density at radius 1 is 1.24 bits per heavy atom. The second kappa shape index (κ2) is 5.80. The van der Waals surface area contributed by atoms with E-state index < -0.39 is 0 Å². The van der Waals surface area contributed by atoms with Crippen LogP contribution in [-0.4, -0.2) is 19.0 Å². The van der Waals surface area contributed by atoms with Crippen LogP contribution in [0.4, 0.5) is 5.69 Å². The predicted molar refractivity (Wildman–Crippen MR) is 86.1 cm³/mol. The summed E-state index contributed by atoms with van der Waals surface area (Å²) >= 11 is 0. The molecule has 3 heteroatoms. The molecule has 114 valence electrons. The highest BCUT2D eigenvalue weighted by molar-refractivity contribution is 5.94. The quantitative estimate of drug-likeness (QED) is 0.908. The third-order valence-corrected chi connectivity index (χ3v) is 5.48. The van der Waals surface area contributed by atoms with E-state index in [9.17, 15) is 4.79 Å². The van der Waals surface area contributed by atoms with Gasteiger partial charge in [-0.05, 0) is 62.1 Å². The molecule has 2 aliphatic carbocycles. The van der Waals surface area contributed by atoms with Crippen molar-refractivity contribution in [3.63, 3.8) is 0 Å². The standard InChI is InChI=1S/C18H26N2O/c1-12-5-3-8-16(9-12)20(2)18(21)15-10-13-6-4-7-14(11-15)17(13)19/h3,5,8-9,13-15,17H,4,6-7,10-11,19H2,1-2H3. The zero-order valence-corrected chi connectivity index (χ0v) is 13.1. The number of amides is 1. The van der Waals surface area contributed by atoms with Gasteiger partial charge in [-0.15, -0.1) is 0 Å². The monoisotopic (exact) mass is 286 g/mol. The van der Waals surface area contributed by atoms with Crippen LogP contribution in [0.1, 0.15) is 37.7 Å². The number of nitrogens with zero attached hydrogens (tertiary/aromatic N) is 1. The van der Waals surface area contributed by atoms with Gasteiger partial charge < -0.3 is 10.6 Å². The largest absolute Gasteiger partial charge is 0.327 e. The molecule has 0 spiro atoms. The Bertz CT molecular complexity index is 514. The molecule has 2 atom stereocenters. The lowest BCUT2D eigenvalue weighted by atomic mass is 9.65. The maximum absolute atomic E-state index is 12.8. The van der Waals surface area contributed by atoms with Crippen LogP contribution in [-0.2, 0) is 4.79 Å². The van der Waals surface area contributed by atoms with Gasteiger partial charge in [0.2, 0.25) is 5.91 Å². The Balaban J connectivity index is 1.73. The number of anilines is 1. The minimum Gasteiger partial charge on any atom is -0.327 e. The van der Waals surface area contributed by atoms with E-state index >= 15 is 0 Å². The van der Waals surface area contributed by atoms with Crippen molar-refractivity contribution in [3.8, 4) is 0 Å². The molecule has 2 fully saturated rings. The van der Waals surface area contributed by atoms with E-state index in [1.165, 1.54) is 24.8 Å². The van der Waals surface area contributed by atoms with Crippen LogP contribution < -0.4 is 10.6 Å². The lowest BCUT2D eigenvalue weighted by molar-refractivity contribution is -0.124. The molecule has 3 rings (SSSR count). The number of nitrogens with two attached hydrogens (primary N) is 1. The van der Waals surface area contributed by atoms with Crippen LogP contribution in [0.25, 0.3) is 0 Å². The van der Waals surface area contributed by atoms with E-state index in [-0.39, 0.29) is 11.8 Å². The Labute approximate surface area is 127 Å². The third kappa shape index (κ3) is 2.84. The normalized spacial score (nSPS) is 31.8. The first-order valence-electron chi connectivity index (χ1n) is 8.16. The van der Waals surface area contributed by atoms with Gasteiger partial charge in [0, 0.05) is 24.7 Å². The van der Waals surface area contributed by atoms with Crippen LogP contribution in [0, 0.1) is 24.7 Å². The van der Waals surface area contributed by atoms with Crippen LogP contribution in [0.5, 0.6) is 0 Å². The summed E-state index contributed by atoms with van der Waals surface area (Å²) in [5.41, 5.74) is 8.52. The van der Waals surface area contributed by atoms with E-state index in [2.05, 4.69) is 19.1 Å². The maximum Gasteiger partial charge on any atom is 0.229 e. The number of rotatable bonds is 2. The molecule has 2 unspecified atom stereocenters. The summed E-state index contributed by atoms with van der Waals surface area (Å²) in [6.45, 7) is 2.06. The highest BCUT2D eigenvalue weighted by Crippen LogP contribution is 2.42. The fraction of sp³-hybridized carbons (Fsp3) is 0.611. The number of aryl methyl sites for hydroxylation is 1. The first-order valence-corrected chi connectivity index (χ1v) is 8.16. The van der Waals surface area contributed by atoms with E-state index in [0.717, 1.165) is 18.5 Å². The minimum atomic E-state index is 0.158. The topological polar surface area (TPSA) is 46.3 Å². The average Bonchev–Trinajstić information content (AvgIpc) is 2.45. The molecular weight excluding hydrogens is 260 g/mol. The molecule has 3 nitrogen and oxygen atoms in total. The van der Waals surface area contributed by atoms with Gasteiger partial charge in [0.25, 0.3) is 0 Å². The SMILES string of the molecule is Cc1cccc(N(C)C(=O)C2CC3CCCC(C2)C3N)c1. The summed E-state index contributed by atoms with van der Waals surface area (Å²) in [4.78, 5) is 14.7. The fourth-order valence-corrected chi connectivity index (χ4v) is 4.23. The molecule has 1 aromatic rings.